The van der Waals surface area contributed by atoms with Crippen LogP contribution in [0.4, 0.5) is 15.8 Å². The Morgan fingerprint density at radius 2 is 2.10 bits per heavy atom. The van der Waals surface area contributed by atoms with E-state index in [2.05, 4.69) is 15.6 Å². The molecule has 20 heavy (non-hydrogen) atoms. The van der Waals surface area contributed by atoms with Gasteiger partial charge >= 0.3 is 0 Å². The van der Waals surface area contributed by atoms with Crippen LogP contribution in [0.25, 0.3) is 0 Å². The second kappa shape index (κ2) is 6.14. The van der Waals surface area contributed by atoms with Crippen LogP contribution in [0, 0.1) is 12.7 Å². The Labute approximate surface area is 117 Å². The molecule has 0 fully saturated rings. The summed E-state index contributed by atoms with van der Waals surface area (Å²) < 4.78 is 13.6. The van der Waals surface area contributed by atoms with E-state index in [9.17, 15) is 9.18 Å². The molecule has 1 heterocycles. The summed E-state index contributed by atoms with van der Waals surface area (Å²) in [6.07, 6.45) is 1.54. The predicted octanol–water partition coefficient (Wildman–Crippen LogP) is 3.21. The summed E-state index contributed by atoms with van der Waals surface area (Å²) in [6.45, 7) is 4.54. The van der Waals surface area contributed by atoms with E-state index in [1.807, 2.05) is 13.8 Å². The first-order chi connectivity index (χ1) is 9.60. The quantitative estimate of drug-likeness (QED) is 0.899. The maximum absolute atomic E-state index is 13.6. The van der Waals surface area contributed by atoms with Crippen molar-refractivity contribution in [2.45, 2.75) is 13.8 Å². The smallest absolute Gasteiger partial charge is 0.274 e. The number of hydrogen-bond acceptors (Lipinski definition) is 3. The Balaban J connectivity index is 2.19. The summed E-state index contributed by atoms with van der Waals surface area (Å²) in [5.41, 5.74) is 2.07. The van der Waals surface area contributed by atoms with Crippen LogP contribution in [0.15, 0.2) is 36.5 Å². The molecule has 1 amide bonds. The average molecular weight is 273 g/mol. The highest BCUT2D eigenvalue weighted by atomic mass is 19.1. The molecule has 0 saturated heterocycles. The molecule has 2 aromatic rings. The Kier molecular flexibility index (Phi) is 4.30. The number of halogens is 1. The fraction of sp³-hybridized carbons (Fsp3) is 0.200. The first kappa shape index (κ1) is 14.0. The first-order valence-electron chi connectivity index (χ1n) is 6.37. The van der Waals surface area contributed by atoms with Crippen molar-refractivity contribution >= 4 is 17.3 Å². The number of aryl methyl sites for hydroxylation is 1. The lowest BCUT2D eigenvalue weighted by molar-refractivity contribution is 0.102. The van der Waals surface area contributed by atoms with E-state index in [0.29, 0.717) is 0 Å². The van der Waals surface area contributed by atoms with Crippen molar-refractivity contribution in [1.82, 2.24) is 4.98 Å². The minimum atomic E-state index is -0.466. The number of rotatable bonds is 4. The Hall–Kier alpha value is -2.43. The van der Waals surface area contributed by atoms with Gasteiger partial charge in [0.1, 0.15) is 11.5 Å². The molecule has 0 aliphatic rings. The van der Waals surface area contributed by atoms with Crippen LogP contribution in [-0.4, -0.2) is 17.4 Å². The van der Waals surface area contributed by atoms with Crippen LogP contribution in [0.1, 0.15) is 23.0 Å². The first-order valence-corrected chi connectivity index (χ1v) is 6.37. The van der Waals surface area contributed by atoms with E-state index in [-0.39, 0.29) is 11.4 Å². The van der Waals surface area contributed by atoms with Gasteiger partial charge in [-0.3, -0.25) is 9.78 Å². The highest BCUT2D eigenvalue weighted by Crippen LogP contribution is 2.17. The lowest BCUT2D eigenvalue weighted by Crippen LogP contribution is -2.15. The number of pyridine rings is 1. The summed E-state index contributed by atoms with van der Waals surface area (Å²) in [6, 6.07) is 7.96. The van der Waals surface area contributed by atoms with E-state index >= 15 is 0 Å². The third-order valence-electron chi connectivity index (χ3n) is 2.74. The normalized spacial score (nSPS) is 10.2. The molecule has 2 rings (SSSR count). The molecule has 1 aromatic carbocycles. The van der Waals surface area contributed by atoms with Crippen molar-refractivity contribution in [3.05, 3.63) is 53.6 Å². The van der Waals surface area contributed by atoms with Crippen molar-refractivity contribution < 1.29 is 9.18 Å². The molecule has 0 atom stereocenters. The number of amides is 1. The molecular formula is C15H16FN3O. The van der Waals surface area contributed by atoms with Gasteiger partial charge in [-0.15, -0.1) is 0 Å². The zero-order chi connectivity index (χ0) is 14.5. The van der Waals surface area contributed by atoms with Crippen molar-refractivity contribution in [2.24, 2.45) is 0 Å². The van der Waals surface area contributed by atoms with Gasteiger partial charge in [-0.25, -0.2) is 4.39 Å². The lowest BCUT2D eigenvalue weighted by atomic mass is 10.2. The third kappa shape index (κ3) is 3.32. The van der Waals surface area contributed by atoms with Crippen LogP contribution in [-0.2, 0) is 0 Å². The van der Waals surface area contributed by atoms with E-state index in [1.54, 1.807) is 30.5 Å². The fourth-order valence-corrected chi connectivity index (χ4v) is 1.79. The molecular weight excluding hydrogens is 257 g/mol. The second-order valence-electron chi connectivity index (χ2n) is 4.40. The van der Waals surface area contributed by atoms with Crippen LogP contribution in [0.3, 0.4) is 0 Å². The maximum Gasteiger partial charge on any atom is 0.274 e. The monoisotopic (exact) mass is 273 g/mol. The van der Waals surface area contributed by atoms with Gasteiger partial charge in [-0.1, -0.05) is 6.07 Å². The Morgan fingerprint density at radius 1 is 1.30 bits per heavy atom. The molecule has 104 valence electrons. The molecule has 0 bridgehead atoms. The van der Waals surface area contributed by atoms with Crippen molar-refractivity contribution in [3.63, 3.8) is 0 Å². The standard InChI is InChI=1S/C15H16FN3O/c1-3-17-11-6-7-18-14(9-11)15(20)19-13-8-10(2)4-5-12(13)16/h4-9H,3H2,1-2H3,(H,17,18)(H,19,20). The highest BCUT2D eigenvalue weighted by molar-refractivity contribution is 6.03. The Morgan fingerprint density at radius 3 is 2.85 bits per heavy atom. The van der Waals surface area contributed by atoms with Crippen LogP contribution in [0.2, 0.25) is 0 Å². The summed E-state index contributed by atoms with van der Waals surface area (Å²) in [7, 11) is 0. The number of nitrogens with one attached hydrogen (secondary N) is 2. The fourth-order valence-electron chi connectivity index (χ4n) is 1.79. The van der Waals surface area contributed by atoms with Crippen LogP contribution < -0.4 is 10.6 Å². The molecule has 0 aliphatic heterocycles. The van der Waals surface area contributed by atoms with Gasteiger partial charge in [0.05, 0.1) is 5.69 Å². The maximum atomic E-state index is 13.6. The summed E-state index contributed by atoms with van der Waals surface area (Å²) in [5.74, 6) is -0.902. The Bertz CT molecular complexity index is 628. The average Bonchev–Trinajstić information content (AvgIpc) is 2.43. The van der Waals surface area contributed by atoms with Crippen molar-refractivity contribution in [2.75, 3.05) is 17.2 Å². The minimum Gasteiger partial charge on any atom is -0.385 e. The molecule has 0 saturated carbocycles. The number of carbonyl (C=O) groups excluding carboxylic acids is 1. The molecule has 5 heteroatoms. The summed E-state index contributed by atoms with van der Waals surface area (Å²) in [4.78, 5) is 16.1. The number of benzene rings is 1. The third-order valence-corrected chi connectivity index (χ3v) is 2.74. The van der Waals surface area contributed by atoms with Crippen LogP contribution >= 0.6 is 0 Å². The molecule has 0 spiro atoms. The van der Waals surface area contributed by atoms with E-state index in [1.165, 1.54) is 6.07 Å². The minimum absolute atomic E-state index is 0.158. The largest absolute Gasteiger partial charge is 0.385 e. The van der Waals surface area contributed by atoms with Crippen molar-refractivity contribution in [1.29, 1.82) is 0 Å². The molecule has 0 aliphatic carbocycles. The number of nitrogens with zero attached hydrogens (tertiary/aromatic N) is 1. The van der Waals surface area contributed by atoms with Gasteiger partial charge < -0.3 is 10.6 Å². The van der Waals surface area contributed by atoms with E-state index in [0.717, 1.165) is 17.8 Å². The van der Waals surface area contributed by atoms with Gasteiger partial charge in [0.15, 0.2) is 0 Å². The zero-order valence-electron chi connectivity index (χ0n) is 11.4. The molecule has 2 N–H and O–H groups in total. The predicted molar refractivity (Wildman–Crippen MR) is 77.5 cm³/mol. The number of carbonyl (C=O) groups is 1. The van der Waals surface area contributed by atoms with Gasteiger partial charge in [-0.2, -0.15) is 0 Å². The van der Waals surface area contributed by atoms with Gasteiger partial charge in [-0.05, 0) is 43.7 Å². The lowest BCUT2D eigenvalue weighted by Gasteiger charge is -2.08. The zero-order valence-corrected chi connectivity index (χ0v) is 11.4. The van der Waals surface area contributed by atoms with E-state index in [4.69, 9.17) is 0 Å². The highest BCUT2D eigenvalue weighted by Gasteiger charge is 2.11. The SMILES string of the molecule is CCNc1ccnc(C(=O)Nc2cc(C)ccc2F)c1. The van der Waals surface area contributed by atoms with Gasteiger partial charge in [0, 0.05) is 18.4 Å². The summed E-state index contributed by atoms with van der Waals surface area (Å²) in [5, 5.41) is 5.63. The number of anilines is 2. The van der Waals surface area contributed by atoms with Gasteiger partial charge in [0.2, 0.25) is 0 Å². The second-order valence-corrected chi connectivity index (χ2v) is 4.40. The van der Waals surface area contributed by atoms with Crippen LogP contribution in [0.5, 0.6) is 0 Å². The molecule has 1 aromatic heterocycles. The van der Waals surface area contributed by atoms with Crippen molar-refractivity contribution in [3.8, 4) is 0 Å². The number of hydrogen-bond donors (Lipinski definition) is 2. The van der Waals surface area contributed by atoms with E-state index < -0.39 is 11.7 Å². The molecule has 0 radical (unpaired) electrons. The number of aromatic nitrogens is 1. The topological polar surface area (TPSA) is 54.0 Å². The summed E-state index contributed by atoms with van der Waals surface area (Å²) >= 11 is 0. The molecule has 0 unspecified atom stereocenters. The molecule has 4 nitrogen and oxygen atoms in total. The van der Waals surface area contributed by atoms with Gasteiger partial charge in [0.25, 0.3) is 5.91 Å².